The van der Waals surface area contributed by atoms with Crippen LogP contribution in [0.15, 0.2) is 35.5 Å². The molecule has 7 heteroatoms. The molecule has 0 atom stereocenters. The second-order valence-corrected chi connectivity index (χ2v) is 5.93. The normalized spacial score (nSPS) is 11.7. The first-order chi connectivity index (χ1) is 8.40. The lowest BCUT2D eigenvalue weighted by Gasteiger charge is -2.04. The van der Waals surface area contributed by atoms with Crippen LogP contribution in [0.1, 0.15) is 5.56 Å². The molecule has 2 rings (SSSR count). The van der Waals surface area contributed by atoms with Crippen molar-refractivity contribution in [3.63, 3.8) is 0 Å². The topological polar surface area (TPSA) is 78.0 Å². The number of sulfone groups is 1. The van der Waals surface area contributed by atoms with Crippen LogP contribution in [0.3, 0.4) is 0 Å². The van der Waals surface area contributed by atoms with E-state index in [-0.39, 0.29) is 11.4 Å². The number of hydrogen-bond acceptors (Lipinski definition) is 4. The second kappa shape index (κ2) is 4.51. The molecule has 0 fully saturated rings. The summed E-state index contributed by atoms with van der Waals surface area (Å²) in [6, 6.07) is 4.24. The number of nitrogens with two attached hydrogens (primary N) is 1. The fourth-order valence-corrected chi connectivity index (χ4v) is 2.05. The first-order valence-corrected chi connectivity index (χ1v) is 7.04. The standard InChI is InChI=1S/C11H12FN3O2S/c1-18(16,17)11-6-14-15(7-11)10-3-8(5-13)2-9(12)4-10/h2-4,6-7H,5,13H2,1H3. The average Bonchev–Trinajstić information content (AvgIpc) is 2.77. The molecule has 18 heavy (non-hydrogen) atoms. The maximum absolute atomic E-state index is 13.3. The van der Waals surface area contributed by atoms with Gasteiger partial charge in [-0.3, -0.25) is 0 Å². The van der Waals surface area contributed by atoms with E-state index in [0.29, 0.717) is 11.3 Å². The Balaban J connectivity index is 2.49. The summed E-state index contributed by atoms with van der Waals surface area (Å²) in [6.45, 7) is 0.199. The van der Waals surface area contributed by atoms with Gasteiger partial charge in [-0.15, -0.1) is 0 Å². The van der Waals surface area contributed by atoms with Gasteiger partial charge >= 0.3 is 0 Å². The molecule has 0 aliphatic carbocycles. The molecular formula is C11H12FN3O2S. The quantitative estimate of drug-likeness (QED) is 0.897. The highest BCUT2D eigenvalue weighted by Gasteiger charge is 2.11. The van der Waals surface area contributed by atoms with Crippen molar-refractivity contribution >= 4 is 9.84 Å². The van der Waals surface area contributed by atoms with Gasteiger partial charge in [-0.05, 0) is 23.8 Å². The molecule has 0 spiro atoms. The van der Waals surface area contributed by atoms with Crippen molar-refractivity contribution in [2.24, 2.45) is 5.73 Å². The Morgan fingerprint density at radius 3 is 2.67 bits per heavy atom. The summed E-state index contributed by atoms with van der Waals surface area (Å²) >= 11 is 0. The van der Waals surface area contributed by atoms with Gasteiger partial charge in [0, 0.05) is 19.0 Å². The minimum absolute atomic E-state index is 0.0843. The number of rotatable bonds is 3. The van der Waals surface area contributed by atoms with Crippen LogP contribution in [0.4, 0.5) is 4.39 Å². The second-order valence-electron chi connectivity index (χ2n) is 3.91. The third kappa shape index (κ3) is 2.57. The third-order valence-corrected chi connectivity index (χ3v) is 3.50. The maximum Gasteiger partial charge on any atom is 0.178 e. The molecule has 1 aromatic carbocycles. The summed E-state index contributed by atoms with van der Waals surface area (Å²) in [5, 5.41) is 3.90. The summed E-state index contributed by atoms with van der Waals surface area (Å²) in [5.41, 5.74) is 6.50. The molecular weight excluding hydrogens is 257 g/mol. The van der Waals surface area contributed by atoms with Gasteiger partial charge in [0.15, 0.2) is 9.84 Å². The Morgan fingerprint density at radius 2 is 2.11 bits per heavy atom. The van der Waals surface area contributed by atoms with Crippen molar-refractivity contribution in [3.8, 4) is 5.69 Å². The Bertz CT molecular complexity index is 679. The molecule has 2 N–H and O–H groups in total. The van der Waals surface area contributed by atoms with Gasteiger partial charge < -0.3 is 5.73 Å². The zero-order valence-corrected chi connectivity index (χ0v) is 10.5. The molecule has 0 bridgehead atoms. The molecule has 0 saturated heterocycles. The molecule has 1 aromatic heterocycles. The smallest absolute Gasteiger partial charge is 0.178 e. The lowest BCUT2D eigenvalue weighted by molar-refractivity contribution is 0.602. The highest BCUT2D eigenvalue weighted by atomic mass is 32.2. The maximum atomic E-state index is 13.3. The number of benzene rings is 1. The van der Waals surface area contributed by atoms with E-state index in [1.807, 2.05) is 0 Å². The zero-order chi connectivity index (χ0) is 13.3. The van der Waals surface area contributed by atoms with E-state index in [1.54, 1.807) is 6.07 Å². The van der Waals surface area contributed by atoms with E-state index >= 15 is 0 Å². The van der Waals surface area contributed by atoms with Crippen LogP contribution in [0.25, 0.3) is 5.69 Å². The summed E-state index contributed by atoms with van der Waals surface area (Å²) < 4.78 is 37.3. The average molecular weight is 269 g/mol. The van der Waals surface area contributed by atoms with Gasteiger partial charge in [-0.25, -0.2) is 17.5 Å². The Labute approximate surface area is 104 Å². The number of hydrogen-bond donors (Lipinski definition) is 1. The van der Waals surface area contributed by atoms with Gasteiger partial charge in [0.25, 0.3) is 0 Å². The fourth-order valence-electron chi connectivity index (χ4n) is 1.52. The molecule has 96 valence electrons. The summed E-state index contributed by atoms with van der Waals surface area (Å²) in [6.07, 6.45) is 3.65. The van der Waals surface area contributed by atoms with Crippen LogP contribution in [0, 0.1) is 5.82 Å². The van der Waals surface area contributed by atoms with Crippen molar-refractivity contribution in [1.82, 2.24) is 9.78 Å². The van der Waals surface area contributed by atoms with Crippen molar-refractivity contribution in [2.75, 3.05) is 6.26 Å². The minimum atomic E-state index is -3.32. The van der Waals surface area contributed by atoms with Gasteiger partial charge in [0.2, 0.25) is 0 Å². The van der Waals surface area contributed by atoms with Gasteiger partial charge in [-0.2, -0.15) is 5.10 Å². The Kier molecular flexibility index (Phi) is 3.18. The third-order valence-electron chi connectivity index (χ3n) is 2.43. The van der Waals surface area contributed by atoms with Crippen LogP contribution in [-0.2, 0) is 16.4 Å². The zero-order valence-electron chi connectivity index (χ0n) is 9.67. The van der Waals surface area contributed by atoms with Crippen LogP contribution in [0.2, 0.25) is 0 Å². The van der Waals surface area contributed by atoms with Crippen molar-refractivity contribution in [3.05, 3.63) is 42.0 Å². The van der Waals surface area contributed by atoms with E-state index in [1.165, 1.54) is 29.2 Å². The first-order valence-electron chi connectivity index (χ1n) is 5.15. The lowest BCUT2D eigenvalue weighted by atomic mass is 10.2. The Morgan fingerprint density at radius 1 is 1.39 bits per heavy atom. The molecule has 0 unspecified atom stereocenters. The van der Waals surface area contributed by atoms with Crippen molar-refractivity contribution in [1.29, 1.82) is 0 Å². The molecule has 1 heterocycles. The van der Waals surface area contributed by atoms with E-state index in [9.17, 15) is 12.8 Å². The molecule has 5 nitrogen and oxygen atoms in total. The van der Waals surface area contributed by atoms with Crippen LogP contribution in [-0.4, -0.2) is 24.5 Å². The Hall–Kier alpha value is -1.73. The fraction of sp³-hybridized carbons (Fsp3) is 0.182. The molecule has 0 saturated carbocycles. The molecule has 0 radical (unpaired) electrons. The number of halogens is 1. The summed E-state index contributed by atoms with van der Waals surface area (Å²) in [7, 11) is -3.32. The van der Waals surface area contributed by atoms with Gasteiger partial charge in [0.1, 0.15) is 10.7 Å². The SMILES string of the molecule is CS(=O)(=O)c1cnn(-c2cc(F)cc(CN)c2)c1. The highest BCUT2D eigenvalue weighted by Crippen LogP contribution is 2.15. The minimum Gasteiger partial charge on any atom is -0.326 e. The summed E-state index contributed by atoms with van der Waals surface area (Å²) in [4.78, 5) is 0.0843. The van der Waals surface area contributed by atoms with Crippen LogP contribution < -0.4 is 5.73 Å². The van der Waals surface area contributed by atoms with E-state index < -0.39 is 15.7 Å². The first kappa shape index (κ1) is 12.7. The van der Waals surface area contributed by atoms with E-state index in [2.05, 4.69) is 5.10 Å². The van der Waals surface area contributed by atoms with E-state index in [0.717, 1.165) is 6.26 Å². The molecule has 2 aromatic rings. The predicted molar refractivity (Wildman–Crippen MR) is 64.5 cm³/mol. The number of nitrogens with zero attached hydrogens (tertiary/aromatic N) is 2. The monoisotopic (exact) mass is 269 g/mol. The van der Waals surface area contributed by atoms with Crippen molar-refractivity contribution in [2.45, 2.75) is 11.4 Å². The van der Waals surface area contributed by atoms with E-state index in [4.69, 9.17) is 5.73 Å². The molecule has 0 aliphatic heterocycles. The van der Waals surface area contributed by atoms with Crippen molar-refractivity contribution < 1.29 is 12.8 Å². The van der Waals surface area contributed by atoms with Crippen LogP contribution in [0.5, 0.6) is 0 Å². The molecule has 0 amide bonds. The summed E-state index contributed by atoms with van der Waals surface area (Å²) in [5.74, 6) is -0.440. The van der Waals surface area contributed by atoms with Gasteiger partial charge in [0.05, 0.1) is 11.9 Å². The highest BCUT2D eigenvalue weighted by molar-refractivity contribution is 7.90. The lowest BCUT2D eigenvalue weighted by Crippen LogP contribution is -2.01. The predicted octanol–water partition coefficient (Wildman–Crippen LogP) is 0.874. The molecule has 0 aliphatic rings. The van der Waals surface area contributed by atoms with Crippen LogP contribution >= 0.6 is 0 Å². The largest absolute Gasteiger partial charge is 0.326 e. The number of aromatic nitrogens is 2. The van der Waals surface area contributed by atoms with Gasteiger partial charge in [-0.1, -0.05) is 0 Å².